The van der Waals surface area contributed by atoms with Crippen molar-refractivity contribution in [1.29, 1.82) is 0 Å². The summed E-state index contributed by atoms with van der Waals surface area (Å²) in [6, 6.07) is 6.01. The average molecular weight is 352 g/mol. The highest BCUT2D eigenvalue weighted by Gasteiger charge is 2.39. The maximum atomic E-state index is 12.8. The topological polar surface area (TPSA) is 75.7 Å². The lowest BCUT2D eigenvalue weighted by molar-refractivity contribution is -0.138. The number of aryl methyl sites for hydroxylation is 1. The molecule has 1 amide bonds. The monoisotopic (exact) mass is 352 g/mol. The van der Waals surface area contributed by atoms with Crippen molar-refractivity contribution >= 4 is 15.9 Å². The first kappa shape index (κ1) is 17.4. The molecule has 0 bridgehead atoms. The van der Waals surface area contributed by atoms with Crippen LogP contribution in [0, 0.1) is 12.8 Å². The van der Waals surface area contributed by atoms with Gasteiger partial charge in [0.1, 0.15) is 6.04 Å². The van der Waals surface area contributed by atoms with Crippen molar-refractivity contribution in [2.75, 3.05) is 13.2 Å². The molecule has 1 atom stereocenters. The fraction of sp³-hybridized carbons (Fsp3) is 0.588. The highest BCUT2D eigenvalue weighted by Crippen LogP contribution is 2.27. The van der Waals surface area contributed by atoms with Gasteiger partial charge in [-0.25, -0.2) is 13.9 Å². The van der Waals surface area contributed by atoms with Gasteiger partial charge < -0.3 is 0 Å². The van der Waals surface area contributed by atoms with Crippen molar-refractivity contribution in [3.05, 3.63) is 29.8 Å². The lowest BCUT2D eigenvalue weighted by Gasteiger charge is -2.26. The smallest absolute Gasteiger partial charge is 0.261 e. The van der Waals surface area contributed by atoms with E-state index in [0.717, 1.165) is 18.4 Å². The Morgan fingerprint density at radius 1 is 1.21 bits per heavy atom. The quantitative estimate of drug-likeness (QED) is 0.795. The minimum Gasteiger partial charge on any atom is -0.273 e. The normalized spacial score (nSPS) is 22.3. The predicted octanol–water partition coefficient (Wildman–Crippen LogP) is 2.00. The molecule has 1 N–H and O–H groups in total. The van der Waals surface area contributed by atoms with Crippen LogP contribution in [-0.2, 0) is 19.7 Å². The Morgan fingerprint density at radius 2 is 1.92 bits per heavy atom. The van der Waals surface area contributed by atoms with Gasteiger partial charge in [-0.05, 0) is 50.7 Å². The number of carbonyl (C=O) groups excluding carboxylic acids is 1. The fourth-order valence-electron chi connectivity index (χ4n) is 3.09. The zero-order valence-electron chi connectivity index (χ0n) is 13.9. The number of nitrogens with one attached hydrogen (secondary N) is 1. The van der Waals surface area contributed by atoms with Crippen molar-refractivity contribution in [2.45, 2.75) is 50.0 Å². The third kappa shape index (κ3) is 3.63. The summed E-state index contributed by atoms with van der Waals surface area (Å²) in [4.78, 5) is 17.8. The van der Waals surface area contributed by atoms with E-state index >= 15 is 0 Å². The number of hydrogen-bond donors (Lipinski definition) is 1. The Kier molecular flexibility index (Phi) is 5.22. The van der Waals surface area contributed by atoms with Crippen LogP contribution in [0.1, 0.15) is 37.7 Å². The summed E-state index contributed by atoms with van der Waals surface area (Å²) in [5, 5.41) is 0. The van der Waals surface area contributed by atoms with Crippen LogP contribution in [0.15, 0.2) is 29.2 Å². The van der Waals surface area contributed by atoms with E-state index in [1.807, 2.05) is 6.92 Å². The van der Waals surface area contributed by atoms with Crippen LogP contribution in [0.4, 0.5) is 0 Å². The largest absolute Gasteiger partial charge is 0.273 e. The molecule has 6 nitrogen and oxygen atoms in total. The molecule has 24 heavy (non-hydrogen) atoms. The molecule has 1 aromatic rings. The zero-order chi connectivity index (χ0) is 17.2. The van der Waals surface area contributed by atoms with E-state index in [9.17, 15) is 13.2 Å². The van der Waals surface area contributed by atoms with E-state index in [2.05, 4.69) is 5.48 Å². The number of amides is 1. The molecule has 1 saturated carbocycles. The van der Waals surface area contributed by atoms with Crippen LogP contribution < -0.4 is 5.48 Å². The van der Waals surface area contributed by atoms with Crippen molar-refractivity contribution in [2.24, 2.45) is 5.92 Å². The van der Waals surface area contributed by atoms with Crippen LogP contribution >= 0.6 is 0 Å². The summed E-state index contributed by atoms with van der Waals surface area (Å²) in [5.74, 6) is 0.142. The molecule has 2 fully saturated rings. The molecule has 2 aliphatic rings. The molecule has 1 aromatic carbocycles. The average Bonchev–Trinajstić information content (AvgIpc) is 3.00. The molecule has 0 spiro atoms. The number of benzene rings is 1. The SMILES string of the molecule is Cc1ccc(S(=O)(=O)N2CCC[C@H]2C(=O)NOCC2CCC2)cc1. The van der Waals surface area contributed by atoms with Gasteiger partial charge in [0.2, 0.25) is 10.0 Å². The van der Waals surface area contributed by atoms with Crippen molar-refractivity contribution in [1.82, 2.24) is 9.79 Å². The molecule has 0 aromatic heterocycles. The highest BCUT2D eigenvalue weighted by molar-refractivity contribution is 7.89. The lowest BCUT2D eigenvalue weighted by atomic mass is 9.86. The van der Waals surface area contributed by atoms with Crippen LogP contribution in [-0.4, -0.2) is 37.8 Å². The molecule has 132 valence electrons. The van der Waals surface area contributed by atoms with E-state index in [-0.39, 0.29) is 10.8 Å². The fourth-order valence-corrected chi connectivity index (χ4v) is 4.75. The molecular weight excluding hydrogens is 328 g/mol. The standard InChI is InChI=1S/C17H24N2O4S/c1-13-7-9-15(10-8-13)24(21,22)19-11-3-6-16(19)17(20)18-23-12-14-4-2-5-14/h7-10,14,16H,2-6,11-12H2,1H3,(H,18,20)/t16-/m0/s1. The van der Waals surface area contributed by atoms with Crippen molar-refractivity contribution < 1.29 is 18.0 Å². The minimum atomic E-state index is -3.67. The second-order valence-electron chi connectivity index (χ2n) is 6.66. The first-order valence-electron chi connectivity index (χ1n) is 8.48. The summed E-state index contributed by atoms with van der Waals surface area (Å²) in [6.07, 6.45) is 4.67. The number of hydrogen-bond acceptors (Lipinski definition) is 4. The molecule has 0 unspecified atom stereocenters. The van der Waals surface area contributed by atoms with Gasteiger partial charge in [-0.1, -0.05) is 24.1 Å². The maximum Gasteiger partial charge on any atom is 0.261 e. The van der Waals surface area contributed by atoms with Gasteiger partial charge in [-0.2, -0.15) is 4.31 Å². The molecule has 1 aliphatic carbocycles. The molecule has 1 heterocycles. The summed E-state index contributed by atoms with van der Waals surface area (Å²) in [6.45, 7) is 2.77. The van der Waals surface area contributed by atoms with Crippen LogP contribution in [0.5, 0.6) is 0 Å². The summed E-state index contributed by atoms with van der Waals surface area (Å²) in [5.41, 5.74) is 3.44. The third-order valence-corrected chi connectivity index (χ3v) is 6.77. The molecule has 1 aliphatic heterocycles. The summed E-state index contributed by atoms with van der Waals surface area (Å²) < 4.78 is 26.9. The molecular formula is C17H24N2O4S. The second-order valence-corrected chi connectivity index (χ2v) is 8.55. The van der Waals surface area contributed by atoms with Gasteiger partial charge >= 0.3 is 0 Å². The number of hydroxylamine groups is 1. The molecule has 7 heteroatoms. The third-order valence-electron chi connectivity index (χ3n) is 4.85. The van der Waals surface area contributed by atoms with E-state index in [1.54, 1.807) is 24.3 Å². The van der Waals surface area contributed by atoms with Crippen molar-refractivity contribution in [3.8, 4) is 0 Å². The van der Waals surface area contributed by atoms with E-state index in [0.29, 0.717) is 31.9 Å². The number of nitrogens with zero attached hydrogens (tertiary/aromatic N) is 1. The number of rotatable bonds is 6. The Labute approximate surface area is 143 Å². The Bertz CT molecular complexity index is 683. The Balaban J connectivity index is 1.65. The highest BCUT2D eigenvalue weighted by atomic mass is 32.2. The van der Waals surface area contributed by atoms with E-state index < -0.39 is 16.1 Å². The second kappa shape index (κ2) is 7.21. The van der Waals surface area contributed by atoms with E-state index in [1.165, 1.54) is 10.7 Å². The Morgan fingerprint density at radius 3 is 2.54 bits per heavy atom. The Hall–Kier alpha value is -1.44. The first-order chi connectivity index (χ1) is 11.5. The van der Waals surface area contributed by atoms with Gasteiger partial charge in [0, 0.05) is 6.54 Å². The molecule has 1 saturated heterocycles. The first-order valence-corrected chi connectivity index (χ1v) is 9.92. The summed E-state index contributed by atoms with van der Waals surface area (Å²) >= 11 is 0. The zero-order valence-corrected chi connectivity index (χ0v) is 14.7. The maximum absolute atomic E-state index is 12.8. The van der Waals surface area contributed by atoms with Crippen LogP contribution in [0.3, 0.4) is 0 Å². The van der Waals surface area contributed by atoms with Crippen LogP contribution in [0.25, 0.3) is 0 Å². The van der Waals surface area contributed by atoms with Crippen molar-refractivity contribution in [3.63, 3.8) is 0 Å². The minimum absolute atomic E-state index is 0.225. The van der Waals surface area contributed by atoms with Gasteiger partial charge in [-0.15, -0.1) is 0 Å². The predicted molar refractivity (Wildman–Crippen MR) is 89.5 cm³/mol. The summed E-state index contributed by atoms with van der Waals surface area (Å²) in [7, 11) is -3.67. The van der Waals surface area contributed by atoms with Crippen LogP contribution in [0.2, 0.25) is 0 Å². The molecule has 3 rings (SSSR count). The number of carbonyl (C=O) groups is 1. The van der Waals surface area contributed by atoms with Gasteiger partial charge in [-0.3, -0.25) is 9.63 Å². The number of sulfonamides is 1. The lowest BCUT2D eigenvalue weighted by Crippen LogP contribution is -2.46. The van der Waals surface area contributed by atoms with Gasteiger partial charge in [0.25, 0.3) is 5.91 Å². The van der Waals surface area contributed by atoms with E-state index in [4.69, 9.17) is 4.84 Å². The molecule has 0 radical (unpaired) electrons. The van der Waals surface area contributed by atoms with Gasteiger partial charge in [0.15, 0.2) is 0 Å². The van der Waals surface area contributed by atoms with Gasteiger partial charge in [0.05, 0.1) is 11.5 Å².